The average molecular weight is 535 g/mol. The standard InChI is InChI=1S/C30H27FN8O/c1-37-14-21(13-35-37)26-9-25-29(20(10-32)12-34-30(25)36-26)18-2-7-28(33-11-18)39-17-23-4-5-24(39)16-38(23)15-19-8-22(31)3-6-27(19)40/h2-3,6-9,11-14,23-24,40H,4-5,15-17H2,1H3,(H,34,36). The molecule has 3 saturated heterocycles. The first-order valence-corrected chi connectivity index (χ1v) is 13.3. The van der Waals surface area contributed by atoms with Crippen LogP contribution in [-0.4, -0.2) is 59.9 Å². The van der Waals surface area contributed by atoms with E-state index in [1.165, 1.54) is 18.2 Å². The number of aryl methyl sites for hydroxylation is 1. The number of hydrogen-bond donors (Lipinski definition) is 2. The summed E-state index contributed by atoms with van der Waals surface area (Å²) in [5, 5.41) is 25.2. The Kier molecular flexibility index (Phi) is 5.75. The minimum absolute atomic E-state index is 0.133. The first-order chi connectivity index (χ1) is 19.5. The zero-order chi connectivity index (χ0) is 27.4. The third-order valence-corrected chi connectivity index (χ3v) is 8.18. The van der Waals surface area contributed by atoms with Gasteiger partial charge in [0, 0.05) is 85.0 Å². The molecule has 3 aliphatic heterocycles. The van der Waals surface area contributed by atoms with Crippen LogP contribution in [0, 0.1) is 17.1 Å². The summed E-state index contributed by atoms with van der Waals surface area (Å²) in [5.41, 5.74) is 5.31. The molecule has 1 aromatic carbocycles. The number of phenolic OH excluding ortho intramolecular Hbond substituents is 1. The minimum Gasteiger partial charge on any atom is -0.508 e. The van der Waals surface area contributed by atoms with Crippen LogP contribution in [0.5, 0.6) is 5.75 Å². The summed E-state index contributed by atoms with van der Waals surface area (Å²) in [7, 11) is 1.87. The summed E-state index contributed by atoms with van der Waals surface area (Å²) < 4.78 is 15.5. The number of rotatable bonds is 5. The van der Waals surface area contributed by atoms with Gasteiger partial charge in [-0.1, -0.05) is 0 Å². The Balaban J connectivity index is 1.15. The Morgan fingerprint density at radius 3 is 2.65 bits per heavy atom. The zero-order valence-corrected chi connectivity index (χ0v) is 21.9. The number of fused-ring (bicyclic) bond motifs is 4. The van der Waals surface area contributed by atoms with E-state index in [9.17, 15) is 14.8 Å². The van der Waals surface area contributed by atoms with E-state index in [1.54, 1.807) is 17.1 Å². The Labute approximate surface area is 230 Å². The van der Waals surface area contributed by atoms with Crippen molar-refractivity contribution in [2.45, 2.75) is 31.5 Å². The number of H-pyrrole nitrogens is 1. The number of benzene rings is 1. The Hall–Kier alpha value is -4.75. The van der Waals surface area contributed by atoms with Gasteiger partial charge in [0.25, 0.3) is 0 Å². The van der Waals surface area contributed by atoms with E-state index in [0.29, 0.717) is 29.4 Å². The average Bonchev–Trinajstić information content (AvgIpc) is 3.61. The van der Waals surface area contributed by atoms with E-state index in [1.807, 2.05) is 37.6 Å². The van der Waals surface area contributed by atoms with Crippen LogP contribution in [0.15, 0.2) is 61.2 Å². The number of aromatic hydroxyl groups is 1. The molecule has 7 heterocycles. The number of piperidine rings is 2. The molecule has 0 amide bonds. The molecule has 4 aromatic heterocycles. The lowest BCUT2D eigenvalue weighted by Gasteiger charge is -2.52. The summed E-state index contributed by atoms with van der Waals surface area (Å²) in [4.78, 5) is 17.4. The third-order valence-electron chi connectivity index (χ3n) is 8.18. The van der Waals surface area contributed by atoms with Crippen LogP contribution in [0.4, 0.5) is 10.2 Å². The van der Waals surface area contributed by atoms with Crippen molar-refractivity contribution < 1.29 is 9.50 Å². The SMILES string of the molecule is Cn1cc(-c2cc3c(-c4ccc(N5CC6CCC5CN6Cc5cc(F)ccc5O)nc4)c(C#N)cnc3[nH]2)cn1. The second-order valence-electron chi connectivity index (χ2n) is 10.7. The molecular weight excluding hydrogens is 507 g/mol. The van der Waals surface area contributed by atoms with E-state index in [4.69, 9.17) is 4.98 Å². The van der Waals surface area contributed by atoms with Crippen molar-refractivity contribution in [2.24, 2.45) is 7.05 Å². The number of aromatic amines is 1. The molecule has 3 fully saturated rings. The van der Waals surface area contributed by atoms with E-state index in [-0.39, 0.29) is 17.6 Å². The van der Waals surface area contributed by atoms with Gasteiger partial charge in [-0.25, -0.2) is 14.4 Å². The van der Waals surface area contributed by atoms with Gasteiger partial charge < -0.3 is 15.0 Å². The van der Waals surface area contributed by atoms with Gasteiger partial charge in [-0.15, -0.1) is 0 Å². The van der Waals surface area contributed by atoms with E-state index in [2.05, 4.69) is 30.9 Å². The first-order valence-electron chi connectivity index (χ1n) is 13.3. The topological polar surface area (TPSA) is 110 Å². The smallest absolute Gasteiger partial charge is 0.138 e. The zero-order valence-electron chi connectivity index (χ0n) is 21.9. The van der Waals surface area contributed by atoms with E-state index >= 15 is 0 Å². The lowest BCUT2D eigenvalue weighted by atomic mass is 9.90. The molecule has 0 spiro atoms. The molecule has 2 bridgehead atoms. The van der Waals surface area contributed by atoms with Crippen LogP contribution >= 0.6 is 0 Å². The molecule has 0 aliphatic carbocycles. The molecule has 40 heavy (non-hydrogen) atoms. The predicted molar refractivity (Wildman–Crippen MR) is 149 cm³/mol. The molecule has 200 valence electrons. The summed E-state index contributed by atoms with van der Waals surface area (Å²) in [6.45, 7) is 2.17. The number of aromatic nitrogens is 5. The minimum atomic E-state index is -0.333. The number of hydrogen-bond acceptors (Lipinski definition) is 7. The highest BCUT2D eigenvalue weighted by atomic mass is 19.1. The highest BCUT2D eigenvalue weighted by Crippen LogP contribution is 2.37. The second-order valence-corrected chi connectivity index (χ2v) is 10.7. The molecule has 0 radical (unpaired) electrons. The lowest BCUT2D eigenvalue weighted by Crippen LogP contribution is -2.62. The van der Waals surface area contributed by atoms with Gasteiger partial charge in [-0.05, 0) is 49.2 Å². The maximum atomic E-state index is 13.8. The van der Waals surface area contributed by atoms with Crippen molar-refractivity contribution >= 4 is 16.9 Å². The molecule has 5 aromatic rings. The predicted octanol–water partition coefficient (Wildman–Crippen LogP) is 4.59. The van der Waals surface area contributed by atoms with Crippen LogP contribution in [0.2, 0.25) is 0 Å². The highest BCUT2D eigenvalue weighted by molar-refractivity contribution is 5.98. The summed E-state index contributed by atoms with van der Waals surface area (Å²) in [6.07, 6.45) is 9.28. The van der Waals surface area contributed by atoms with Gasteiger partial charge in [0.1, 0.15) is 29.1 Å². The number of nitrogens with one attached hydrogen (secondary N) is 1. The largest absolute Gasteiger partial charge is 0.508 e. The summed E-state index contributed by atoms with van der Waals surface area (Å²) in [6, 6.07) is 13.1. The number of halogens is 1. The van der Waals surface area contributed by atoms with Crippen molar-refractivity contribution in [3.05, 3.63) is 78.1 Å². The van der Waals surface area contributed by atoms with Gasteiger partial charge in [-0.2, -0.15) is 10.4 Å². The Morgan fingerprint density at radius 2 is 1.93 bits per heavy atom. The van der Waals surface area contributed by atoms with Crippen LogP contribution in [0.1, 0.15) is 24.0 Å². The maximum absolute atomic E-state index is 13.8. The van der Waals surface area contributed by atoms with E-state index in [0.717, 1.165) is 59.5 Å². The molecule has 0 saturated carbocycles. The number of nitrogens with zero attached hydrogens (tertiary/aromatic N) is 7. The quantitative estimate of drug-likeness (QED) is 0.339. The molecule has 2 atom stereocenters. The number of nitriles is 1. The van der Waals surface area contributed by atoms with Gasteiger partial charge in [0.05, 0.1) is 17.5 Å². The fourth-order valence-corrected chi connectivity index (χ4v) is 6.18. The van der Waals surface area contributed by atoms with Crippen LogP contribution in [0.3, 0.4) is 0 Å². The fraction of sp³-hybridized carbons (Fsp3) is 0.267. The molecule has 3 aliphatic rings. The van der Waals surface area contributed by atoms with Crippen molar-refractivity contribution in [1.82, 2.24) is 29.6 Å². The van der Waals surface area contributed by atoms with Crippen molar-refractivity contribution in [3.8, 4) is 34.2 Å². The molecule has 2 unspecified atom stereocenters. The van der Waals surface area contributed by atoms with Gasteiger partial charge in [-0.3, -0.25) is 9.58 Å². The number of phenols is 1. The van der Waals surface area contributed by atoms with Crippen molar-refractivity contribution in [2.75, 3.05) is 18.0 Å². The number of piperazine rings is 1. The second kappa shape index (κ2) is 9.47. The van der Waals surface area contributed by atoms with E-state index < -0.39 is 0 Å². The van der Waals surface area contributed by atoms with Crippen LogP contribution in [-0.2, 0) is 13.6 Å². The van der Waals surface area contributed by atoms with Crippen molar-refractivity contribution in [1.29, 1.82) is 5.26 Å². The Bertz CT molecular complexity index is 1770. The maximum Gasteiger partial charge on any atom is 0.138 e. The fourth-order valence-electron chi connectivity index (χ4n) is 6.18. The van der Waals surface area contributed by atoms with Gasteiger partial charge >= 0.3 is 0 Å². The normalized spacial score (nSPS) is 18.9. The van der Waals surface area contributed by atoms with Gasteiger partial charge in [0.15, 0.2) is 0 Å². The van der Waals surface area contributed by atoms with Gasteiger partial charge in [0.2, 0.25) is 0 Å². The molecule has 10 heteroatoms. The van der Waals surface area contributed by atoms with Crippen LogP contribution < -0.4 is 4.90 Å². The number of anilines is 1. The molecular formula is C30H27FN8O. The lowest BCUT2D eigenvalue weighted by molar-refractivity contribution is 0.0876. The highest BCUT2D eigenvalue weighted by Gasteiger charge is 2.39. The Morgan fingerprint density at radius 1 is 1.05 bits per heavy atom. The summed E-state index contributed by atoms with van der Waals surface area (Å²) >= 11 is 0. The number of pyridine rings is 2. The molecule has 8 rings (SSSR count). The summed E-state index contributed by atoms with van der Waals surface area (Å²) in [5.74, 6) is 0.703. The molecule has 2 N–H and O–H groups in total. The van der Waals surface area contributed by atoms with Crippen LogP contribution in [0.25, 0.3) is 33.4 Å². The third kappa shape index (κ3) is 4.15. The molecule has 9 nitrogen and oxygen atoms in total. The monoisotopic (exact) mass is 534 g/mol. The van der Waals surface area contributed by atoms with Crippen molar-refractivity contribution in [3.63, 3.8) is 0 Å². The first kappa shape index (κ1) is 24.3.